The van der Waals surface area contributed by atoms with Crippen LogP contribution in [0.2, 0.25) is 0 Å². The van der Waals surface area contributed by atoms with Gasteiger partial charge in [0.1, 0.15) is 0 Å². The highest BCUT2D eigenvalue weighted by Crippen LogP contribution is 2.33. The first kappa shape index (κ1) is 13.5. The van der Waals surface area contributed by atoms with Crippen LogP contribution in [0, 0.1) is 12.3 Å². The summed E-state index contributed by atoms with van der Waals surface area (Å²) in [5.41, 5.74) is 2.55. The number of aromatic nitrogens is 2. The Kier molecular flexibility index (Phi) is 4.33. The summed E-state index contributed by atoms with van der Waals surface area (Å²) in [5.74, 6) is 0. The van der Waals surface area contributed by atoms with Crippen LogP contribution in [-0.4, -0.2) is 16.0 Å². The molecule has 1 aromatic rings. The minimum atomic E-state index is 0.528. The Hall–Kier alpha value is -0.960. The van der Waals surface area contributed by atoms with Crippen molar-refractivity contribution < 1.29 is 0 Å². The van der Waals surface area contributed by atoms with E-state index in [9.17, 15) is 0 Å². The van der Waals surface area contributed by atoms with Crippen LogP contribution in [0.4, 0.5) is 0 Å². The highest BCUT2D eigenvalue weighted by molar-refractivity contribution is 5.00. The summed E-state index contributed by atoms with van der Waals surface area (Å²) in [6.07, 6.45) is 10.3. The zero-order chi connectivity index (χ0) is 13.0. The van der Waals surface area contributed by atoms with E-state index in [-0.39, 0.29) is 0 Å². The minimum Gasteiger partial charge on any atom is -0.308 e. The maximum absolute atomic E-state index is 4.39. The van der Waals surface area contributed by atoms with E-state index in [0.717, 1.165) is 17.9 Å². The quantitative estimate of drug-likeness (QED) is 0.833. The second-order valence-electron chi connectivity index (χ2n) is 6.32. The van der Waals surface area contributed by atoms with Crippen LogP contribution in [0.15, 0.2) is 12.4 Å². The maximum Gasteiger partial charge on any atom is 0.0724 e. The summed E-state index contributed by atoms with van der Waals surface area (Å²) in [7, 11) is 0. The molecule has 0 amide bonds. The lowest BCUT2D eigenvalue weighted by Gasteiger charge is -2.22. The van der Waals surface area contributed by atoms with Crippen molar-refractivity contribution in [3.05, 3.63) is 23.8 Å². The highest BCUT2D eigenvalue weighted by atomic mass is 14.9. The number of hydrogen-bond donors (Lipinski definition) is 1. The molecule has 1 saturated carbocycles. The third kappa shape index (κ3) is 4.05. The van der Waals surface area contributed by atoms with Gasteiger partial charge in [-0.25, -0.2) is 0 Å². The molecule has 1 aromatic heterocycles. The van der Waals surface area contributed by atoms with Gasteiger partial charge in [0, 0.05) is 25.0 Å². The molecule has 0 radical (unpaired) electrons. The first-order chi connectivity index (χ1) is 8.55. The van der Waals surface area contributed by atoms with Crippen LogP contribution in [0.5, 0.6) is 0 Å². The molecule has 1 fully saturated rings. The molecule has 3 heteroatoms. The monoisotopic (exact) mass is 247 g/mol. The van der Waals surface area contributed by atoms with Crippen molar-refractivity contribution >= 4 is 0 Å². The Labute approximate surface area is 110 Å². The Bertz CT molecular complexity index is 370. The molecule has 1 unspecified atom stereocenters. The Balaban J connectivity index is 1.81. The van der Waals surface area contributed by atoms with Crippen LogP contribution >= 0.6 is 0 Å². The lowest BCUT2D eigenvalue weighted by Crippen LogP contribution is -2.28. The number of hydrogen-bond acceptors (Lipinski definition) is 3. The molecule has 1 heterocycles. The average Bonchev–Trinajstić information content (AvgIpc) is 2.50. The molecule has 0 aliphatic heterocycles. The summed E-state index contributed by atoms with van der Waals surface area (Å²) in [6, 6.07) is 0.648. The largest absolute Gasteiger partial charge is 0.308 e. The normalized spacial score (nSPS) is 23.6. The van der Waals surface area contributed by atoms with Crippen molar-refractivity contribution in [1.82, 2.24) is 15.3 Å². The number of aryl methyl sites for hydroxylation is 1. The number of nitrogens with one attached hydrogen (secondary N) is 1. The van der Waals surface area contributed by atoms with Gasteiger partial charge in [-0.3, -0.25) is 9.97 Å². The summed E-state index contributed by atoms with van der Waals surface area (Å²) in [6.45, 7) is 7.59. The van der Waals surface area contributed by atoms with Crippen LogP contribution in [0.3, 0.4) is 0 Å². The molecule has 0 aromatic carbocycles. The van der Waals surface area contributed by atoms with Gasteiger partial charge >= 0.3 is 0 Å². The van der Waals surface area contributed by atoms with E-state index in [1.165, 1.54) is 32.1 Å². The number of rotatable bonds is 3. The minimum absolute atomic E-state index is 0.528. The van der Waals surface area contributed by atoms with E-state index in [0.29, 0.717) is 11.5 Å². The van der Waals surface area contributed by atoms with Gasteiger partial charge < -0.3 is 5.32 Å². The van der Waals surface area contributed by atoms with Crippen molar-refractivity contribution in [2.75, 3.05) is 0 Å². The fourth-order valence-electron chi connectivity index (χ4n) is 2.62. The standard InChI is InChI=1S/C15H25N3/c1-12-9-17-14(10-16-12)11-18-13-5-4-7-15(2,3)8-6-13/h9-10,13,18H,4-8,11H2,1-3H3. The maximum atomic E-state index is 4.39. The van der Waals surface area contributed by atoms with Crippen molar-refractivity contribution in [3.8, 4) is 0 Å². The van der Waals surface area contributed by atoms with Gasteiger partial charge in [-0.05, 0) is 38.0 Å². The van der Waals surface area contributed by atoms with Gasteiger partial charge in [0.05, 0.1) is 11.4 Å². The SMILES string of the molecule is Cc1cnc(CNC2CCCC(C)(C)CC2)cn1. The van der Waals surface area contributed by atoms with Crippen LogP contribution in [-0.2, 0) is 6.54 Å². The average molecular weight is 247 g/mol. The summed E-state index contributed by atoms with van der Waals surface area (Å²) < 4.78 is 0. The van der Waals surface area contributed by atoms with Gasteiger partial charge in [-0.15, -0.1) is 0 Å². The van der Waals surface area contributed by atoms with E-state index in [4.69, 9.17) is 0 Å². The zero-order valence-electron chi connectivity index (χ0n) is 11.9. The molecular formula is C15H25N3. The molecule has 0 saturated heterocycles. The molecule has 1 N–H and O–H groups in total. The third-order valence-electron chi connectivity index (χ3n) is 3.98. The molecule has 2 rings (SSSR count). The fourth-order valence-corrected chi connectivity index (χ4v) is 2.62. The van der Waals surface area contributed by atoms with E-state index < -0.39 is 0 Å². The van der Waals surface area contributed by atoms with E-state index >= 15 is 0 Å². The molecule has 1 aliphatic carbocycles. The van der Waals surface area contributed by atoms with E-state index in [1.807, 2.05) is 19.3 Å². The Morgan fingerprint density at radius 2 is 2.06 bits per heavy atom. The van der Waals surface area contributed by atoms with Gasteiger partial charge in [0.25, 0.3) is 0 Å². The summed E-state index contributed by atoms with van der Waals surface area (Å²) in [4.78, 5) is 8.67. The Morgan fingerprint density at radius 1 is 1.22 bits per heavy atom. The molecule has 100 valence electrons. The molecule has 1 aliphatic rings. The predicted molar refractivity (Wildman–Crippen MR) is 74.3 cm³/mol. The summed E-state index contributed by atoms with van der Waals surface area (Å²) in [5, 5.41) is 3.63. The molecule has 3 nitrogen and oxygen atoms in total. The van der Waals surface area contributed by atoms with Gasteiger partial charge in [-0.1, -0.05) is 20.3 Å². The smallest absolute Gasteiger partial charge is 0.0724 e. The van der Waals surface area contributed by atoms with Gasteiger partial charge in [-0.2, -0.15) is 0 Å². The predicted octanol–water partition coefficient (Wildman–Crippen LogP) is 3.23. The van der Waals surface area contributed by atoms with E-state index in [1.54, 1.807) is 0 Å². The molecule has 0 spiro atoms. The first-order valence-corrected chi connectivity index (χ1v) is 7.06. The number of nitrogens with zero attached hydrogens (tertiary/aromatic N) is 2. The zero-order valence-corrected chi connectivity index (χ0v) is 11.9. The van der Waals surface area contributed by atoms with Crippen LogP contribution < -0.4 is 5.32 Å². The second-order valence-corrected chi connectivity index (χ2v) is 6.32. The van der Waals surface area contributed by atoms with Gasteiger partial charge in [0.15, 0.2) is 0 Å². The van der Waals surface area contributed by atoms with Crippen molar-refractivity contribution in [2.24, 2.45) is 5.41 Å². The van der Waals surface area contributed by atoms with Crippen molar-refractivity contribution in [3.63, 3.8) is 0 Å². The lowest BCUT2D eigenvalue weighted by molar-refractivity contribution is 0.309. The van der Waals surface area contributed by atoms with Crippen LogP contribution in [0.25, 0.3) is 0 Å². The van der Waals surface area contributed by atoms with Crippen molar-refractivity contribution in [2.45, 2.75) is 65.5 Å². The van der Waals surface area contributed by atoms with Crippen molar-refractivity contribution in [1.29, 1.82) is 0 Å². The van der Waals surface area contributed by atoms with E-state index in [2.05, 4.69) is 29.1 Å². The third-order valence-corrected chi connectivity index (χ3v) is 3.98. The fraction of sp³-hybridized carbons (Fsp3) is 0.733. The topological polar surface area (TPSA) is 37.8 Å². The lowest BCUT2D eigenvalue weighted by atomic mass is 9.85. The van der Waals surface area contributed by atoms with Gasteiger partial charge in [0.2, 0.25) is 0 Å². The second kappa shape index (κ2) is 5.79. The highest BCUT2D eigenvalue weighted by Gasteiger charge is 2.23. The Morgan fingerprint density at radius 3 is 2.78 bits per heavy atom. The summed E-state index contributed by atoms with van der Waals surface area (Å²) >= 11 is 0. The van der Waals surface area contributed by atoms with Crippen LogP contribution in [0.1, 0.15) is 57.3 Å². The molecule has 0 bridgehead atoms. The molecular weight excluding hydrogens is 222 g/mol. The molecule has 1 atom stereocenters. The first-order valence-electron chi connectivity index (χ1n) is 7.06. The molecule has 18 heavy (non-hydrogen) atoms.